The second-order valence-corrected chi connectivity index (χ2v) is 5.90. The van der Waals surface area contributed by atoms with Gasteiger partial charge >= 0.3 is 0 Å². The van der Waals surface area contributed by atoms with E-state index in [1.54, 1.807) is 14.2 Å². The van der Waals surface area contributed by atoms with Crippen LogP contribution in [0.25, 0.3) is 0 Å². The number of nitrogens with zero attached hydrogens (tertiary/aromatic N) is 4. The molecule has 0 saturated carbocycles. The zero-order valence-corrected chi connectivity index (χ0v) is 15.3. The van der Waals surface area contributed by atoms with Crippen molar-refractivity contribution in [3.05, 3.63) is 59.7 Å². The minimum Gasteiger partial charge on any atom is -0.497 e. The van der Waals surface area contributed by atoms with Crippen LogP contribution in [0.4, 0.5) is 17.8 Å². The number of benzene rings is 2. The summed E-state index contributed by atoms with van der Waals surface area (Å²) in [6.45, 7) is 1.14. The van der Waals surface area contributed by atoms with Gasteiger partial charge in [-0.3, -0.25) is 0 Å². The quantitative estimate of drug-likeness (QED) is 0.655. The van der Waals surface area contributed by atoms with Crippen LogP contribution < -0.4 is 25.8 Å². The molecule has 27 heavy (non-hydrogen) atoms. The zero-order valence-electron chi connectivity index (χ0n) is 15.3. The molecule has 2 aromatic carbocycles. The third kappa shape index (κ3) is 4.75. The molecule has 0 aliphatic carbocycles. The van der Waals surface area contributed by atoms with E-state index >= 15 is 0 Å². The number of aromatic nitrogens is 3. The van der Waals surface area contributed by atoms with Gasteiger partial charge in [-0.15, -0.1) is 0 Å². The molecular formula is C19H22N6O2. The summed E-state index contributed by atoms with van der Waals surface area (Å²) < 4.78 is 10.4. The van der Waals surface area contributed by atoms with Gasteiger partial charge in [0.25, 0.3) is 0 Å². The third-order valence-electron chi connectivity index (χ3n) is 4.01. The lowest BCUT2D eigenvalue weighted by Gasteiger charge is -2.23. The predicted molar refractivity (Wildman–Crippen MR) is 105 cm³/mol. The standard InChI is InChI=1S/C19H22N6O2/c1-26-15-7-3-13(4-8-15)11-25(19-23-17(20)22-18(21)24-19)12-14-5-9-16(27-2)10-6-14/h3-10H,11-12H2,1-2H3,(H4,20,21,22,23,24). The van der Waals surface area contributed by atoms with Crippen LogP contribution in [0.15, 0.2) is 48.5 Å². The van der Waals surface area contributed by atoms with Crippen LogP contribution in [0.5, 0.6) is 11.5 Å². The van der Waals surface area contributed by atoms with Crippen molar-refractivity contribution < 1.29 is 9.47 Å². The number of nitrogens with two attached hydrogens (primary N) is 2. The van der Waals surface area contributed by atoms with Crippen molar-refractivity contribution in [1.29, 1.82) is 0 Å². The van der Waals surface area contributed by atoms with Crippen molar-refractivity contribution in [2.75, 3.05) is 30.6 Å². The smallest absolute Gasteiger partial charge is 0.232 e. The Hall–Kier alpha value is -3.55. The fraction of sp³-hybridized carbons (Fsp3) is 0.211. The molecular weight excluding hydrogens is 344 g/mol. The van der Waals surface area contributed by atoms with Crippen LogP contribution >= 0.6 is 0 Å². The van der Waals surface area contributed by atoms with E-state index in [-0.39, 0.29) is 11.9 Å². The summed E-state index contributed by atoms with van der Waals surface area (Å²) >= 11 is 0. The van der Waals surface area contributed by atoms with E-state index in [1.165, 1.54) is 0 Å². The average molecular weight is 366 g/mol. The Morgan fingerprint density at radius 2 is 1.11 bits per heavy atom. The lowest BCUT2D eigenvalue weighted by atomic mass is 10.1. The van der Waals surface area contributed by atoms with Gasteiger partial charge in [-0.05, 0) is 35.4 Å². The molecule has 1 heterocycles. The van der Waals surface area contributed by atoms with Crippen LogP contribution in [0, 0.1) is 0 Å². The van der Waals surface area contributed by atoms with Crippen molar-refractivity contribution in [1.82, 2.24) is 15.0 Å². The van der Waals surface area contributed by atoms with Gasteiger partial charge < -0.3 is 25.8 Å². The van der Waals surface area contributed by atoms with Crippen LogP contribution in [0.3, 0.4) is 0 Å². The van der Waals surface area contributed by atoms with Crippen LogP contribution in [0.2, 0.25) is 0 Å². The lowest BCUT2D eigenvalue weighted by molar-refractivity contribution is 0.414. The summed E-state index contributed by atoms with van der Waals surface area (Å²) in [5.74, 6) is 2.20. The van der Waals surface area contributed by atoms with E-state index in [0.29, 0.717) is 19.0 Å². The first-order valence-electron chi connectivity index (χ1n) is 8.35. The highest BCUT2D eigenvalue weighted by atomic mass is 16.5. The summed E-state index contributed by atoms with van der Waals surface area (Å²) in [5.41, 5.74) is 13.7. The molecule has 3 aromatic rings. The van der Waals surface area contributed by atoms with Gasteiger partial charge in [-0.1, -0.05) is 24.3 Å². The average Bonchev–Trinajstić information content (AvgIpc) is 2.68. The molecule has 0 aliphatic rings. The fourth-order valence-electron chi connectivity index (χ4n) is 2.64. The number of methoxy groups -OCH3 is 2. The molecule has 0 amide bonds. The van der Waals surface area contributed by atoms with Gasteiger partial charge in [-0.25, -0.2) is 0 Å². The number of nitrogen functional groups attached to an aromatic ring is 2. The molecule has 0 spiro atoms. The zero-order chi connectivity index (χ0) is 19.2. The molecule has 0 bridgehead atoms. The Morgan fingerprint density at radius 1 is 0.704 bits per heavy atom. The molecule has 0 radical (unpaired) electrons. The van der Waals surface area contributed by atoms with Gasteiger partial charge in [-0.2, -0.15) is 15.0 Å². The van der Waals surface area contributed by atoms with Gasteiger partial charge in [0.1, 0.15) is 11.5 Å². The number of hydrogen-bond donors (Lipinski definition) is 2. The maximum Gasteiger partial charge on any atom is 0.232 e. The van der Waals surface area contributed by atoms with E-state index in [1.807, 2.05) is 53.4 Å². The van der Waals surface area contributed by atoms with Crippen LogP contribution in [-0.2, 0) is 13.1 Å². The van der Waals surface area contributed by atoms with Crippen molar-refractivity contribution in [2.24, 2.45) is 0 Å². The maximum atomic E-state index is 5.76. The number of hydrogen-bond acceptors (Lipinski definition) is 8. The Morgan fingerprint density at radius 3 is 1.48 bits per heavy atom. The summed E-state index contributed by atoms with van der Waals surface area (Å²) in [7, 11) is 3.28. The van der Waals surface area contributed by atoms with E-state index < -0.39 is 0 Å². The van der Waals surface area contributed by atoms with Crippen molar-refractivity contribution in [3.8, 4) is 11.5 Å². The van der Waals surface area contributed by atoms with Gasteiger partial charge in [0.2, 0.25) is 17.8 Å². The SMILES string of the molecule is COc1ccc(CN(Cc2ccc(OC)cc2)c2nc(N)nc(N)n2)cc1. The molecule has 4 N–H and O–H groups in total. The highest BCUT2D eigenvalue weighted by molar-refractivity contribution is 5.42. The molecule has 0 aliphatic heterocycles. The predicted octanol–water partition coefficient (Wildman–Crippen LogP) is 2.26. The first kappa shape index (κ1) is 18.2. The van der Waals surface area contributed by atoms with Crippen LogP contribution in [-0.4, -0.2) is 29.2 Å². The number of anilines is 3. The fourth-order valence-corrected chi connectivity index (χ4v) is 2.64. The Balaban J connectivity index is 1.88. The van der Waals surface area contributed by atoms with E-state index in [2.05, 4.69) is 15.0 Å². The number of rotatable bonds is 7. The molecule has 140 valence electrons. The highest BCUT2D eigenvalue weighted by Gasteiger charge is 2.14. The van der Waals surface area contributed by atoms with E-state index in [0.717, 1.165) is 22.6 Å². The minimum atomic E-state index is 0.0898. The van der Waals surface area contributed by atoms with Crippen molar-refractivity contribution >= 4 is 17.8 Å². The Labute approximate surface area is 157 Å². The first-order chi connectivity index (χ1) is 13.1. The summed E-state index contributed by atoms with van der Waals surface area (Å²) in [4.78, 5) is 14.3. The van der Waals surface area contributed by atoms with Gasteiger partial charge in [0.05, 0.1) is 14.2 Å². The largest absolute Gasteiger partial charge is 0.497 e. The maximum absolute atomic E-state index is 5.76. The monoisotopic (exact) mass is 366 g/mol. The minimum absolute atomic E-state index is 0.0898. The molecule has 0 atom stereocenters. The topological polar surface area (TPSA) is 112 Å². The second-order valence-electron chi connectivity index (χ2n) is 5.90. The van der Waals surface area contributed by atoms with Crippen molar-refractivity contribution in [2.45, 2.75) is 13.1 Å². The Bertz CT molecular complexity index is 814. The summed E-state index contributed by atoms with van der Waals surface area (Å²) in [6.07, 6.45) is 0. The molecule has 3 rings (SSSR count). The molecule has 1 aromatic heterocycles. The van der Waals surface area contributed by atoms with E-state index in [9.17, 15) is 0 Å². The molecule has 8 heteroatoms. The van der Waals surface area contributed by atoms with Crippen molar-refractivity contribution in [3.63, 3.8) is 0 Å². The third-order valence-corrected chi connectivity index (χ3v) is 4.01. The molecule has 0 unspecified atom stereocenters. The summed E-state index contributed by atoms with van der Waals surface area (Å²) in [6, 6.07) is 15.6. The number of ether oxygens (including phenoxy) is 2. The molecule has 0 fully saturated rings. The first-order valence-corrected chi connectivity index (χ1v) is 8.35. The van der Waals surface area contributed by atoms with E-state index in [4.69, 9.17) is 20.9 Å². The highest BCUT2D eigenvalue weighted by Crippen LogP contribution is 2.20. The molecule has 8 nitrogen and oxygen atoms in total. The molecule has 0 saturated heterocycles. The van der Waals surface area contributed by atoms with Gasteiger partial charge in [0.15, 0.2) is 0 Å². The Kier molecular flexibility index (Phi) is 5.55. The normalized spacial score (nSPS) is 10.4. The van der Waals surface area contributed by atoms with Gasteiger partial charge in [0, 0.05) is 13.1 Å². The second kappa shape index (κ2) is 8.22. The summed E-state index contributed by atoms with van der Waals surface area (Å²) in [5, 5.41) is 0. The van der Waals surface area contributed by atoms with Crippen LogP contribution in [0.1, 0.15) is 11.1 Å². The lowest BCUT2D eigenvalue weighted by Crippen LogP contribution is -2.25.